The summed E-state index contributed by atoms with van der Waals surface area (Å²) in [7, 11) is 1.83. The fourth-order valence-corrected chi connectivity index (χ4v) is 1.70. The Kier molecular flexibility index (Phi) is 4.08. The zero-order chi connectivity index (χ0) is 11.4. The molecule has 0 bridgehead atoms. The van der Waals surface area contributed by atoms with E-state index in [2.05, 4.69) is 20.9 Å². The SMILES string of the molecule is Cc1ccnc(N(C)CCC(=O)O)c1Br. The molecule has 82 valence electrons. The molecule has 0 saturated carbocycles. The Morgan fingerprint density at radius 1 is 1.67 bits per heavy atom. The average molecular weight is 273 g/mol. The van der Waals surface area contributed by atoms with E-state index in [1.807, 2.05) is 24.9 Å². The molecule has 5 heteroatoms. The number of rotatable bonds is 4. The maximum Gasteiger partial charge on any atom is 0.305 e. The molecule has 4 nitrogen and oxygen atoms in total. The summed E-state index contributed by atoms with van der Waals surface area (Å²) in [5, 5.41) is 8.57. The first kappa shape index (κ1) is 12.0. The van der Waals surface area contributed by atoms with Crippen LogP contribution in [0, 0.1) is 6.92 Å². The molecule has 1 heterocycles. The minimum atomic E-state index is -0.800. The lowest BCUT2D eigenvalue weighted by Crippen LogP contribution is -2.22. The van der Waals surface area contributed by atoms with Crippen LogP contribution in [0.2, 0.25) is 0 Å². The number of carboxylic acids is 1. The summed E-state index contributed by atoms with van der Waals surface area (Å²) in [6, 6.07) is 1.90. The molecule has 0 aromatic carbocycles. The minimum absolute atomic E-state index is 0.110. The van der Waals surface area contributed by atoms with Crippen molar-refractivity contribution in [2.24, 2.45) is 0 Å². The van der Waals surface area contributed by atoms with Gasteiger partial charge in [-0.1, -0.05) is 0 Å². The quantitative estimate of drug-likeness (QED) is 0.912. The van der Waals surface area contributed by atoms with E-state index in [1.54, 1.807) is 6.20 Å². The Labute approximate surface area is 97.1 Å². The first-order chi connectivity index (χ1) is 7.02. The van der Waals surface area contributed by atoms with Crippen molar-refractivity contribution in [1.82, 2.24) is 4.98 Å². The highest BCUT2D eigenvalue weighted by Gasteiger charge is 2.09. The Bertz CT molecular complexity index is 368. The smallest absolute Gasteiger partial charge is 0.305 e. The van der Waals surface area contributed by atoms with Crippen LogP contribution in [0.3, 0.4) is 0 Å². The van der Waals surface area contributed by atoms with Gasteiger partial charge in [0.25, 0.3) is 0 Å². The Hall–Kier alpha value is -1.10. The maximum absolute atomic E-state index is 10.4. The van der Waals surface area contributed by atoms with Gasteiger partial charge in [-0.2, -0.15) is 0 Å². The van der Waals surface area contributed by atoms with Crippen LogP contribution in [0.25, 0.3) is 0 Å². The number of aromatic nitrogens is 1. The largest absolute Gasteiger partial charge is 0.481 e. The fourth-order valence-electron chi connectivity index (χ4n) is 1.16. The predicted molar refractivity (Wildman–Crippen MR) is 62.2 cm³/mol. The van der Waals surface area contributed by atoms with Crippen LogP contribution < -0.4 is 4.90 Å². The molecule has 0 saturated heterocycles. The molecule has 0 amide bonds. The lowest BCUT2D eigenvalue weighted by Gasteiger charge is -2.19. The molecule has 1 aromatic heterocycles. The van der Waals surface area contributed by atoms with Crippen LogP contribution >= 0.6 is 15.9 Å². The van der Waals surface area contributed by atoms with E-state index in [9.17, 15) is 4.79 Å². The third-order valence-electron chi connectivity index (χ3n) is 2.09. The van der Waals surface area contributed by atoms with Gasteiger partial charge in [0.2, 0.25) is 0 Å². The third-order valence-corrected chi connectivity index (χ3v) is 3.07. The van der Waals surface area contributed by atoms with Crippen LogP contribution in [-0.4, -0.2) is 29.7 Å². The highest BCUT2D eigenvalue weighted by Crippen LogP contribution is 2.25. The highest BCUT2D eigenvalue weighted by molar-refractivity contribution is 9.10. The van der Waals surface area contributed by atoms with Crippen molar-refractivity contribution >= 4 is 27.7 Å². The summed E-state index contributed by atoms with van der Waals surface area (Å²) < 4.78 is 0.915. The molecule has 1 rings (SSSR count). The molecule has 0 aliphatic heterocycles. The molecular weight excluding hydrogens is 260 g/mol. The van der Waals surface area contributed by atoms with Gasteiger partial charge in [-0.3, -0.25) is 4.79 Å². The van der Waals surface area contributed by atoms with Gasteiger partial charge in [0.05, 0.1) is 10.9 Å². The number of aliphatic carboxylic acids is 1. The van der Waals surface area contributed by atoms with Gasteiger partial charge in [0.15, 0.2) is 0 Å². The second-order valence-electron chi connectivity index (χ2n) is 3.33. The van der Waals surface area contributed by atoms with E-state index in [0.29, 0.717) is 6.54 Å². The van der Waals surface area contributed by atoms with E-state index in [1.165, 1.54) is 0 Å². The van der Waals surface area contributed by atoms with Crippen molar-refractivity contribution in [3.05, 3.63) is 22.3 Å². The lowest BCUT2D eigenvalue weighted by atomic mass is 10.3. The van der Waals surface area contributed by atoms with Crippen LogP contribution in [0.15, 0.2) is 16.7 Å². The zero-order valence-corrected chi connectivity index (χ0v) is 10.3. The summed E-state index contributed by atoms with van der Waals surface area (Å²) in [6.07, 6.45) is 1.82. The van der Waals surface area contributed by atoms with Crippen molar-refractivity contribution in [3.8, 4) is 0 Å². The second kappa shape index (κ2) is 5.11. The summed E-state index contributed by atoms with van der Waals surface area (Å²) in [4.78, 5) is 16.5. The number of carbonyl (C=O) groups is 1. The fraction of sp³-hybridized carbons (Fsp3) is 0.400. The van der Waals surface area contributed by atoms with E-state index >= 15 is 0 Å². The summed E-state index contributed by atoms with van der Waals surface area (Å²) in [5.41, 5.74) is 1.09. The number of anilines is 1. The first-order valence-electron chi connectivity index (χ1n) is 4.56. The molecule has 1 aromatic rings. The highest BCUT2D eigenvalue weighted by atomic mass is 79.9. The van der Waals surface area contributed by atoms with Gasteiger partial charge in [0, 0.05) is 19.8 Å². The monoisotopic (exact) mass is 272 g/mol. The van der Waals surface area contributed by atoms with Crippen LogP contribution in [0.5, 0.6) is 0 Å². The summed E-state index contributed by atoms with van der Waals surface area (Å²) in [6.45, 7) is 2.42. The molecule has 0 aliphatic carbocycles. The first-order valence-corrected chi connectivity index (χ1v) is 5.35. The predicted octanol–water partition coefficient (Wildman–Crippen LogP) is 2.06. The number of aryl methyl sites for hydroxylation is 1. The average Bonchev–Trinajstić information content (AvgIpc) is 2.18. The molecule has 0 atom stereocenters. The number of carboxylic acid groups (broad SMARTS) is 1. The number of pyridine rings is 1. The molecule has 1 N–H and O–H groups in total. The van der Waals surface area contributed by atoms with Gasteiger partial charge < -0.3 is 10.0 Å². The Morgan fingerprint density at radius 2 is 2.33 bits per heavy atom. The lowest BCUT2D eigenvalue weighted by molar-refractivity contribution is -0.136. The van der Waals surface area contributed by atoms with Crippen LogP contribution in [-0.2, 0) is 4.79 Å². The molecule has 0 unspecified atom stereocenters. The number of halogens is 1. The Balaban J connectivity index is 2.77. The molecule has 0 radical (unpaired) electrons. The van der Waals surface area contributed by atoms with E-state index in [4.69, 9.17) is 5.11 Å². The topological polar surface area (TPSA) is 53.4 Å². The van der Waals surface area contributed by atoms with E-state index in [-0.39, 0.29) is 6.42 Å². The van der Waals surface area contributed by atoms with E-state index in [0.717, 1.165) is 15.9 Å². The Morgan fingerprint density at radius 3 is 2.93 bits per heavy atom. The number of nitrogens with zero attached hydrogens (tertiary/aromatic N) is 2. The maximum atomic E-state index is 10.4. The minimum Gasteiger partial charge on any atom is -0.481 e. The van der Waals surface area contributed by atoms with Crippen molar-refractivity contribution in [1.29, 1.82) is 0 Å². The molecule has 15 heavy (non-hydrogen) atoms. The van der Waals surface area contributed by atoms with Crippen molar-refractivity contribution < 1.29 is 9.90 Å². The van der Waals surface area contributed by atoms with Gasteiger partial charge >= 0.3 is 5.97 Å². The van der Waals surface area contributed by atoms with Crippen LogP contribution in [0.4, 0.5) is 5.82 Å². The van der Waals surface area contributed by atoms with E-state index < -0.39 is 5.97 Å². The molecular formula is C10H13BrN2O2. The van der Waals surface area contributed by atoms with Crippen LogP contribution in [0.1, 0.15) is 12.0 Å². The van der Waals surface area contributed by atoms with Gasteiger partial charge in [0.1, 0.15) is 5.82 Å². The number of hydrogen-bond acceptors (Lipinski definition) is 3. The van der Waals surface area contributed by atoms with Gasteiger partial charge in [-0.15, -0.1) is 0 Å². The summed E-state index contributed by atoms with van der Waals surface area (Å²) >= 11 is 3.44. The van der Waals surface area contributed by atoms with Crippen molar-refractivity contribution in [2.45, 2.75) is 13.3 Å². The molecule has 0 fully saturated rings. The second-order valence-corrected chi connectivity index (χ2v) is 4.12. The molecule has 0 spiro atoms. The van der Waals surface area contributed by atoms with Gasteiger partial charge in [-0.25, -0.2) is 4.98 Å². The number of hydrogen-bond donors (Lipinski definition) is 1. The van der Waals surface area contributed by atoms with Crippen molar-refractivity contribution in [2.75, 3.05) is 18.5 Å². The third kappa shape index (κ3) is 3.20. The van der Waals surface area contributed by atoms with Gasteiger partial charge in [-0.05, 0) is 34.5 Å². The molecule has 0 aliphatic rings. The zero-order valence-electron chi connectivity index (χ0n) is 8.70. The normalized spacial score (nSPS) is 10.1. The van der Waals surface area contributed by atoms with Crippen molar-refractivity contribution in [3.63, 3.8) is 0 Å². The summed E-state index contributed by atoms with van der Waals surface area (Å²) in [5.74, 6) is -0.0260. The standard InChI is InChI=1S/C10H13BrN2O2/c1-7-3-5-12-10(9(7)11)13(2)6-4-8(14)15/h3,5H,4,6H2,1-2H3,(H,14,15).